The number of rotatable bonds is 6. The van der Waals surface area contributed by atoms with Crippen LogP contribution in [0.1, 0.15) is 6.92 Å². The van der Waals surface area contributed by atoms with Crippen LogP contribution in [-0.4, -0.2) is 21.8 Å². The molecule has 0 amide bonds. The number of nitrogens with one attached hydrogen (secondary N) is 2. The van der Waals surface area contributed by atoms with Gasteiger partial charge in [-0.25, -0.2) is 4.39 Å². The van der Waals surface area contributed by atoms with Gasteiger partial charge in [-0.15, -0.1) is 5.10 Å². The minimum absolute atomic E-state index is 0.205. The Hall–Kier alpha value is -3.22. The van der Waals surface area contributed by atoms with E-state index in [0.29, 0.717) is 12.4 Å². The third-order valence-electron chi connectivity index (χ3n) is 3.12. The molecule has 3 rings (SSSR count). The second kappa shape index (κ2) is 7.36. The summed E-state index contributed by atoms with van der Waals surface area (Å²) in [6.07, 6.45) is 1.49. The highest BCUT2D eigenvalue weighted by molar-refractivity contribution is 5.59. The van der Waals surface area contributed by atoms with E-state index in [9.17, 15) is 4.39 Å². The van der Waals surface area contributed by atoms with Crippen LogP contribution in [0.4, 0.5) is 27.5 Å². The highest BCUT2D eigenvalue weighted by atomic mass is 19.1. The quantitative estimate of drug-likeness (QED) is 0.716. The largest absolute Gasteiger partial charge is 0.494 e. The van der Waals surface area contributed by atoms with Crippen molar-refractivity contribution in [2.45, 2.75) is 6.92 Å². The summed E-state index contributed by atoms with van der Waals surface area (Å²) >= 11 is 0. The monoisotopic (exact) mass is 325 g/mol. The summed E-state index contributed by atoms with van der Waals surface area (Å²) in [4.78, 5) is 4.27. The summed E-state index contributed by atoms with van der Waals surface area (Å²) < 4.78 is 19.1. The minimum atomic E-state index is -0.383. The molecule has 122 valence electrons. The maximum Gasteiger partial charge on any atom is 0.249 e. The van der Waals surface area contributed by atoms with Gasteiger partial charge in [0.15, 0.2) is 5.82 Å². The maximum absolute atomic E-state index is 13.7. The Morgan fingerprint density at radius 3 is 2.58 bits per heavy atom. The number of nitrogens with zero attached hydrogens (tertiary/aromatic N) is 3. The van der Waals surface area contributed by atoms with Gasteiger partial charge in [0, 0.05) is 5.69 Å². The van der Waals surface area contributed by atoms with E-state index in [1.807, 2.05) is 31.2 Å². The number of benzene rings is 2. The van der Waals surface area contributed by atoms with Gasteiger partial charge >= 0.3 is 0 Å². The van der Waals surface area contributed by atoms with Crippen molar-refractivity contribution in [3.63, 3.8) is 0 Å². The number of ether oxygens (including phenoxy) is 1. The van der Waals surface area contributed by atoms with E-state index in [1.165, 1.54) is 12.3 Å². The Balaban J connectivity index is 1.72. The van der Waals surface area contributed by atoms with E-state index in [0.717, 1.165) is 11.4 Å². The number of halogens is 1. The second-order valence-electron chi connectivity index (χ2n) is 4.85. The van der Waals surface area contributed by atoms with E-state index in [4.69, 9.17) is 4.74 Å². The highest BCUT2D eigenvalue weighted by Crippen LogP contribution is 2.20. The lowest BCUT2D eigenvalue weighted by Crippen LogP contribution is -2.03. The van der Waals surface area contributed by atoms with Gasteiger partial charge in [0.25, 0.3) is 0 Å². The topological polar surface area (TPSA) is 72.0 Å². The fraction of sp³-hybridized carbons (Fsp3) is 0.118. The number of hydrogen-bond acceptors (Lipinski definition) is 6. The molecule has 3 aromatic rings. The lowest BCUT2D eigenvalue weighted by atomic mass is 10.3. The Labute approximate surface area is 138 Å². The summed E-state index contributed by atoms with van der Waals surface area (Å²) in [7, 11) is 0. The SMILES string of the molecule is CCOc1ccc(Nc2cnnc(Nc3ccccc3F)n2)cc1. The average Bonchev–Trinajstić information content (AvgIpc) is 2.59. The molecule has 1 heterocycles. The molecule has 0 atom stereocenters. The first-order chi connectivity index (χ1) is 11.7. The summed E-state index contributed by atoms with van der Waals surface area (Å²) in [6, 6.07) is 13.8. The number of anilines is 4. The van der Waals surface area contributed by atoms with Crippen LogP contribution in [0.3, 0.4) is 0 Å². The van der Waals surface area contributed by atoms with E-state index in [2.05, 4.69) is 25.8 Å². The Kier molecular flexibility index (Phi) is 4.81. The van der Waals surface area contributed by atoms with Crippen molar-refractivity contribution in [3.05, 3.63) is 60.5 Å². The van der Waals surface area contributed by atoms with Crippen molar-refractivity contribution in [2.75, 3.05) is 17.2 Å². The van der Waals surface area contributed by atoms with Gasteiger partial charge in [0.2, 0.25) is 5.95 Å². The van der Waals surface area contributed by atoms with E-state index in [1.54, 1.807) is 18.2 Å². The molecular formula is C17H16FN5O. The molecule has 0 spiro atoms. The molecule has 1 aromatic heterocycles. The molecule has 0 radical (unpaired) electrons. The standard InChI is InChI=1S/C17H16FN5O/c1-2-24-13-9-7-12(8-10-13)20-16-11-19-23-17(22-16)21-15-6-4-3-5-14(15)18/h3-11H,2H2,1H3,(H2,20,21,22,23). The first-order valence-corrected chi connectivity index (χ1v) is 7.46. The van der Waals surface area contributed by atoms with Gasteiger partial charge in [-0.3, -0.25) is 0 Å². The fourth-order valence-corrected chi connectivity index (χ4v) is 2.05. The molecule has 24 heavy (non-hydrogen) atoms. The molecule has 0 aliphatic heterocycles. The van der Waals surface area contributed by atoms with Gasteiger partial charge in [-0.1, -0.05) is 12.1 Å². The predicted molar refractivity (Wildman–Crippen MR) is 90.4 cm³/mol. The van der Waals surface area contributed by atoms with Crippen molar-refractivity contribution in [2.24, 2.45) is 0 Å². The third-order valence-corrected chi connectivity index (χ3v) is 3.12. The van der Waals surface area contributed by atoms with Crippen LogP contribution in [0.5, 0.6) is 5.75 Å². The van der Waals surface area contributed by atoms with Crippen molar-refractivity contribution in [1.29, 1.82) is 0 Å². The maximum atomic E-state index is 13.7. The van der Waals surface area contributed by atoms with E-state index >= 15 is 0 Å². The Morgan fingerprint density at radius 2 is 1.83 bits per heavy atom. The first kappa shape index (κ1) is 15.7. The smallest absolute Gasteiger partial charge is 0.249 e. The molecular weight excluding hydrogens is 309 g/mol. The van der Waals surface area contributed by atoms with Crippen LogP contribution >= 0.6 is 0 Å². The van der Waals surface area contributed by atoms with Crippen molar-refractivity contribution in [1.82, 2.24) is 15.2 Å². The van der Waals surface area contributed by atoms with Gasteiger partial charge in [-0.2, -0.15) is 10.1 Å². The molecule has 0 saturated heterocycles. The average molecular weight is 325 g/mol. The van der Waals surface area contributed by atoms with Crippen LogP contribution in [0, 0.1) is 5.82 Å². The third kappa shape index (κ3) is 3.95. The van der Waals surface area contributed by atoms with E-state index < -0.39 is 0 Å². The zero-order valence-corrected chi connectivity index (χ0v) is 13.0. The molecule has 6 nitrogen and oxygen atoms in total. The lowest BCUT2D eigenvalue weighted by molar-refractivity contribution is 0.340. The molecule has 7 heteroatoms. The highest BCUT2D eigenvalue weighted by Gasteiger charge is 2.05. The van der Waals surface area contributed by atoms with Crippen LogP contribution in [0.25, 0.3) is 0 Å². The molecule has 0 saturated carbocycles. The lowest BCUT2D eigenvalue weighted by Gasteiger charge is -2.09. The van der Waals surface area contributed by atoms with Gasteiger partial charge in [-0.05, 0) is 43.3 Å². The second-order valence-corrected chi connectivity index (χ2v) is 4.85. The predicted octanol–water partition coefficient (Wildman–Crippen LogP) is 3.90. The molecule has 0 unspecified atom stereocenters. The molecule has 0 aliphatic carbocycles. The number of hydrogen-bond donors (Lipinski definition) is 2. The van der Waals surface area contributed by atoms with Crippen LogP contribution < -0.4 is 15.4 Å². The fourth-order valence-electron chi connectivity index (χ4n) is 2.05. The number of aromatic nitrogens is 3. The molecule has 0 aliphatic rings. The van der Waals surface area contributed by atoms with Crippen LogP contribution in [0.15, 0.2) is 54.7 Å². The van der Waals surface area contributed by atoms with Gasteiger partial charge < -0.3 is 15.4 Å². The van der Waals surface area contributed by atoms with E-state index in [-0.39, 0.29) is 17.5 Å². The first-order valence-electron chi connectivity index (χ1n) is 7.46. The van der Waals surface area contributed by atoms with Crippen molar-refractivity contribution < 1.29 is 9.13 Å². The van der Waals surface area contributed by atoms with Crippen molar-refractivity contribution in [3.8, 4) is 5.75 Å². The summed E-state index contributed by atoms with van der Waals surface area (Å²) in [5.74, 6) is 1.11. The van der Waals surface area contributed by atoms with Crippen LogP contribution in [-0.2, 0) is 0 Å². The zero-order chi connectivity index (χ0) is 16.8. The van der Waals surface area contributed by atoms with Crippen molar-refractivity contribution >= 4 is 23.1 Å². The van der Waals surface area contributed by atoms with Gasteiger partial charge in [0.1, 0.15) is 11.6 Å². The molecule has 0 bridgehead atoms. The van der Waals surface area contributed by atoms with Gasteiger partial charge in [0.05, 0.1) is 18.5 Å². The summed E-state index contributed by atoms with van der Waals surface area (Å²) in [5, 5.41) is 13.6. The zero-order valence-electron chi connectivity index (χ0n) is 13.0. The van der Waals surface area contributed by atoms with Crippen LogP contribution in [0.2, 0.25) is 0 Å². The normalized spacial score (nSPS) is 10.2. The minimum Gasteiger partial charge on any atom is -0.494 e. The Bertz CT molecular complexity index is 810. The molecule has 2 aromatic carbocycles. The summed E-state index contributed by atoms with van der Waals surface area (Å²) in [6.45, 7) is 2.55. The Morgan fingerprint density at radius 1 is 1.04 bits per heavy atom. The molecule has 2 N–H and O–H groups in total. The molecule has 0 fully saturated rings. The number of para-hydroxylation sites is 1. The summed E-state index contributed by atoms with van der Waals surface area (Å²) in [5.41, 5.74) is 1.12.